The van der Waals surface area contributed by atoms with Crippen molar-refractivity contribution in [3.63, 3.8) is 0 Å². The van der Waals surface area contributed by atoms with E-state index in [1.807, 2.05) is 35.2 Å². The molecule has 2 aromatic carbocycles. The van der Waals surface area contributed by atoms with Gasteiger partial charge in [-0.15, -0.1) is 0 Å². The molecule has 2 amide bonds. The van der Waals surface area contributed by atoms with Gasteiger partial charge in [0.1, 0.15) is 5.75 Å². The van der Waals surface area contributed by atoms with E-state index in [0.717, 1.165) is 25.9 Å². The van der Waals surface area contributed by atoms with Crippen molar-refractivity contribution in [2.24, 2.45) is 5.16 Å². The molecule has 1 aliphatic rings. The molecule has 1 heterocycles. The summed E-state index contributed by atoms with van der Waals surface area (Å²) in [6.45, 7) is 1.38. The van der Waals surface area contributed by atoms with E-state index in [0.29, 0.717) is 17.0 Å². The van der Waals surface area contributed by atoms with E-state index in [-0.39, 0.29) is 25.0 Å². The van der Waals surface area contributed by atoms with E-state index in [9.17, 15) is 9.59 Å². The molecule has 7 nitrogen and oxygen atoms in total. The highest BCUT2D eigenvalue weighted by molar-refractivity contribution is 5.91. The van der Waals surface area contributed by atoms with Crippen LogP contribution in [0.15, 0.2) is 59.8 Å². The summed E-state index contributed by atoms with van der Waals surface area (Å²) in [6, 6.07) is 16.4. The topological polar surface area (TPSA) is 80.2 Å². The average molecular weight is 395 g/mol. The quantitative estimate of drug-likeness (QED) is 0.550. The Morgan fingerprint density at radius 3 is 2.48 bits per heavy atom. The van der Waals surface area contributed by atoms with E-state index in [2.05, 4.69) is 10.5 Å². The van der Waals surface area contributed by atoms with Gasteiger partial charge in [-0.3, -0.25) is 9.59 Å². The van der Waals surface area contributed by atoms with Crippen LogP contribution in [0.1, 0.15) is 24.8 Å². The van der Waals surface area contributed by atoms with Crippen LogP contribution >= 0.6 is 0 Å². The van der Waals surface area contributed by atoms with Gasteiger partial charge in [-0.2, -0.15) is 0 Å². The highest BCUT2D eigenvalue weighted by Gasteiger charge is 2.17. The fourth-order valence-corrected chi connectivity index (χ4v) is 3.00. The van der Waals surface area contributed by atoms with Crippen LogP contribution < -0.4 is 10.1 Å². The third-order valence-corrected chi connectivity index (χ3v) is 4.50. The first-order valence-corrected chi connectivity index (χ1v) is 9.72. The van der Waals surface area contributed by atoms with Crippen molar-refractivity contribution in [3.05, 3.63) is 60.2 Å². The maximum absolute atomic E-state index is 12.3. The predicted octanol–water partition coefficient (Wildman–Crippen LogP) is 3.07. The number of ether oxygens (including phenoxy) is 1. The number of hydrogen-bond acceptors (Lipinski definition) is 5. The van der Waals surface area contributed by atoms with Crippen LogP contribution in [0.25, 0.3) is 0 Å². The molecule has 0 aliphatic carbocycles. The molecule has 1 saturated heterocycles. The van der Waals surface area contributed by atoms with Crippen LogP contribution in [0.2, 0.25) is 0 Å². The van der Waals surface area contributed by atoms with Crippen LogP contribution in [-0.2, 0) is 14.4 Å². The maximum atomic E-state index is 12.3. The molecule has 7 heteroatoms. The molecule has 0 radical (unpaired) electrons. The van der Waals surface area contributed by atoms with Crippen molar-refractivity contribution in [1.82, 2.24) is 4.90 Å². The summed E-state index contributed by atoms with van der Waals surface area (Å²) in [7, 11) is 0. The number of rotatable bonds is 8. The van der Waals surface area contributed by atoms with Crippen LogP contribution in [0.3, 0.4) is 0 Å². The molecule has 0 saturated carbocycles. The summed E-state index contributed by atoms with van der Waals surface area (Å²) < 4.78 is 5.69. The molecule has 0 bridgehead atoms. The third kappa shape index (κ3) is 6.64. The first-order chi connectivity index (χ1) is 14.2. The number of benzene rings is 2. The molecule has 0 spiro atoms. The van der Waals surface area contributed by atoms with E-state index in [1.165, 1.54) is 12.6 Å². The molecular weight excluding hydrogens is 370 g/mol. The van der Waals surface area contributed by atoms with Crippen molar-refractivity contribution < 1.29 is 19.2 Å². The number of para-hydroxylation sites is 2. The van der Waals surface area contributed by atoms with Crippen molar-refractivity contribution in [2.75, 3.05) is 31.6 Å². The fourth-order valence-electron chi connectivity index (χ4n) is 3.00. The molecule has 1 fully saturated rings. The zero-order valence-corrected chi connectivity index (χ0v) is 16.3. The number of carbonyl (C=O) groups is 2. The van der Waals surface area contributed by atoms with Crippen molar-refractivity contribution in [1.29, 1.82) is 0 Å². The highest BCUT2D eigenvalue weighted by Crippen LogP contribution is 2.17. The first-order valence-electron chi connectivity index (χ1n) is 9.72. The lowest BCUT2D eigenvalue weighted by molar-refractivity contribution is -0.134. The number of oxime groups is 1. The molecule has 0 aromatic heterocycles. The van der Waals surface area contributed by atoms with Gasteiger partial charge < -0.3 is 19.8 Å². The maximum Gasteiger partial charge on any atom is 0.265 e. The van der Waals surface area contributed by atoms with Crippen molar-refractivity contribution in [2.45, 2.75) is 19.3 Å². The molecule has 29 heavy (non-hydrogen) atoms. The number of nitrogens with zero attached hydrogens (tertiary/aromatic N) is 2. The normalized spacial score (nSPS) is 13.9. The van der Waals surface area contributed by atoms with Gasteiger partial charge in [-0.05, 0) is 43.5 Å². The number of anilines is 1. The van der Waals surface area contributed by atoms with Gasteiger partial charge in [0.15, 0.2) is 13.2 Å². The largest absolute Gasteiger partial charge is 0.483 e. The van der Waals surface area contributed by atoms with Crippen LogP contribution in [0.5, 0.6) is 5.75 Å². The monoisotopic (exact) mass is 395 g/mol. The van der Waals surface area contributed by atoms with Gasteiger partial charge in [0, 0.05) is 24.3 Å². The molecule has 152 valence electrons. The summed E-state index contributed by atoms with van der Waals surface area (Å²) in [5, 5.41) is 6.55. The van der Waals surface area contributed by atoms with Gasteiger partial charge in [0.2, 0.25) is 0 Å². The lowest BCUT2D eigenvalue weighted by Crippen LogP contribution is -2.38. The van der Waals surface area contributed by atoms with E-state index < -0.39 is 0 Å². The molecule has 2 aromatic rings. The fraction of sp³-hybridized carbons (Fsp3) is 0.318. The Morgan fingerprint density at radius 1 is 0.966 bits per heavy atom. The Bertz CT molecular complexity index is 833. The van der Waals surface area contributed by atoms with E-state index in [1.54, 1.807) is 24.3 Å². The first kappa shape index (κ1) is 20.4. The van der Waals surface area contributed by atoms with Crippen LogP contribution in [0.4, 0.5) is 5.69 Å². The van der Waals surface area contributed by atoms with Gasteiger partial charge in [0.25, 0.3) is 11.8 Å². The highest BCUT2D eigenvalue weighted by atomic mass is 16.6. The molecule has 0 atom stereocenters. The van der Waals surface area contributed by atoms with Crippen LogP contribution in [-0.4, -0.2) is 49.2 Å². The van der Waals surface area contributed by atoms with Crippen molar-refractivity contribution in [3.8, 4) is 5.75 Å². The molecule has 1 aliphatic heterocycles. The lowest BCUT2D eigenvalue weighted by Gasteiger charge is -2.26. The summed E-state index contributed by atoms with van der Waals surface area (Å²) in [5.74, 6) is 0.231. The summed E-state index contributed by atoms with van der Waals surface area (Å²) in [4.78, 5) is 31.0. The second-order valence-corrected chi connectivity index (χ2v) is 6.69. The number of amides is 2. The van der Waals surface area contributed by atoms with E-state index >= 15 is 0 Å². The summed E-state index contributed by atoms with van der Waals surface area (Å²) in [5.41, 5.74) is 1.37. The van der Waals surface area contributed by atoms with Gasteiger partial charge >= 0.3 is 0 Å². The van der Waals surface area contributed by atoms with Crippen LogP contribution in [0, 0.1) is 0 Å². The predicted molar refractivity (Wildman–Crippen MR) is 111 cm³/mol. The number of likely N-dealkylation sites (tertiary alicyclic amines) is 1. The average Bonchev–Trinajstić information content (AvgIpc) is 2.77. The smallest absolute Gasteiger partial charge is 0.265 e. The van der Waals surface area contributed by atoms with Gasteiger partial charge in [0.05, 0.1) is 6.21 Å². The SMILES string of the molecule is O=C(CON=Cc1ccccc1OCC(=O)N1CCCCC1)Nc1ccccc1. The molecule has 3 rings (SSSR count). The number of carbonyl (C=O) groups excluding carboxylic acids is 2. The second-order valence-electron chi connectivity index (χ2n) is 6.69. The summed E-state index contributed by atoms with van der Waals surface area (Å²) in [6.07, 6.45) is 4.73. The minimum absolute atomic E-state index is 0.00874. The zero-order valence-electron chi connectivity index (χ0n) is 16.3. The minimum atomic E-state index is -0.301. The Hall–Kier alpha value is -3.35. The third-order valence-electron chi connectivity index (χ3n) is 4.50. The Balaban J connectivity index is 1.46. The molecule has 1 N–H and O–H groups in total. The minimum Gasteiger partial charge on any atom is -0.483 e. The standard InChI is InChI=1S/C22H25N3O4/c26-21(24-19-10-3-1-4-11-19)16-29-23-15-18-9-5-6-12-20(18)28-17-22(27)25-13-7-2-8-14-25/h1,3-6,9-12,15H,2,7-8,13-14,16-17H2,(H,24,26). The number of hydrogen-bond donors (Lipinski definition) is 1. The Kier molecular flexibility index (Phi) is 7.63. The van der Waals surface area contributed by atoms with Gasteiger partial charge in [-0.1, -0.05) is 35.5 Å². The van der Waals surface area contributed by atoms with E-state index in [4.69, 9.17) is 9.57 Å². The number of piperidine rings is 1. The molecule has 0 unspecified atom stereocenters. The van der Waals surface area contributed by atoms with Gasteiger partial charge in [-0.25, -0.2) is 0 Å². The Labute approximate surface area is 170 Å². The second kappa shape index (κ2) is 10.8. The lowest BCUT2D eigenvalue weighted by atomic mass is 10.1. The zero-order chi connectivity index (χ0) is 20.3. The Morgan fingerprint density at radius 2 is 1.69 bits per heavy atom. The number of nitrogens with one attached hydrogen (secondary N) is 1. The molecular formula is C22H25N3O4. The van der Waals surface area contributed by atoms with Crippen molar-refractivity contribution >= 4 is 23.7 Å². The summed E-state index contributed by atoms with van der Waals surface area (Å²) >= 11 is 0.